The number of aromatic nitrogens is 1. The molecule has 0 aliphatic heterocycles. The molecule has 1 N–H and O–H groups in total. The first-order valence-corrected chi connectivity index (χ1v) is 12.0. The predicted molar refractivity (Wildman–Crippen MR) is 137 cm³/mol. The average molecular weight is 475 g/mol. The molecule has 0 spiro atoms. The van der Waals surface area contributed by atoms with Crippen molar-refractivity contribution in [2.24, 2.45) is 5.92 Å². The highest BCUT2D eigenvalue weighted by Gasteiger charge is 2.16. The van der Waals surface area contributed by atoms with E-state index in [1.807, 2.05) is 18.2 Å². The molecule has 7 heteroatoms. The van der Waals surface area contributed by atoms with E-state index in [0.717, 1.165) is 35.7 Å². The number of unbranched alkanes of at least 4 members (excludes halogenated alkanes) is 1. The van der Waals surface area contributed by atoms with Gasteiger partial charge in [-0.15, -0.1) is 0 Å². The van der Waals surface area contributed by atoms with Crippen LogP contribution in [0.4, 0.5) is 5.69 Å². The number of hydrogen-bond acceptors (Lipinski definition) is 7. The van der Waals surface area contributed by atoms with E-state index in [1.54, 1.807) is 24.3 Å². The van der Waals surface area contributed by atoms with Crippen molar-refractivity contribution in [1.29, 1.82) is 0 Å². The molecule has 182 valence electrons. The van der Waals surface area contributed by atoms with E-state index in [4.69, 9.17) is 13.6 Å². The third-order valence-corrected chi connectivity index (χ3v) is 6.11. The highest BCUT2D eigenvalue weighted by atomic mass is 16.5. The molecule has 2 aromatic heterocycles. The van der Waals surface area contributed by atoms with E-state index in [9.17, 15) is 9.59 Å². The maximum Gasteiger partial charge on any atom is 0.349 e. The van der Waals surface area contributed by atoms with Crippen molar-refractivity contribution in [2.45, 2.75) is 46.1 Å². The lowest BCUT2D eigenvalue weighted by atomic mass is 9.99. The predicted octanol–water partition coefficient (Wildman–Crippen LogP) is 6.46. The van der Waals surface area contributed by atoms with Crippen LogP contribution in [0.5, 0.6) is 0 Å². The zero-order valence-corrected chi connectivity index (χ0v) is 20.1. The van der Waals surface area contributed by atoms with Crippen LogP contribution in [0.15, 0.2) is 68.7 Å². The van der Waals surface area contributed by atoms with Gasteiger partial charge in [0.2, 0.25) is 5.89 Å². The van der Waals surface area contributed by atoms with Gasteiger partial charge in [-0.05, 0) is 48.2 Å². The van der Waals surface area contributed by atoms with Crippen LogP contribution in [0.2, 0.25) is 0 Å². The number of carbonyl (C=O) groups excluding carboxylic acids is 1. The molecule has 1 unspecified atom stereocenters. The zero-order valence-electron chi connectivity index (χ0n) is 20.1. The highest BCUT2D eigenvalue weighted by Crippen LogP contribution is 2.27. The minimum atomic E-state index is -0.518. The molecule has 2 aromatic carbocycles. The standard InChI is InChI=1S/C28H30N2O5/c1-4-7-8-18(5-2)16-29-21-11-10-20-14-22(28(32)35-24(20)15-21)27-30-23-12-9-19(13-25(23)34-27)17-33-26(31)6-3/h6,9-15,18,29H,3-5,7-8,16-17H2,1-2H3. The van der Waals surface area contributed by atoms with Gasteiger partial charge in [-0.2, -0.15) is 0 Å². The summed E-state index contributed by atoms with van der Waals surface area (Å²) in [5, 5.41) is 4.26. The molecule has 4 aromatic rings. The van der Waals surface area contributed by atoms with Gasteiger partial charge >= 0.3 is 11.6 Å². The lowest BCUT2D eigenvalue weighted by Gasteiger charge is -2.16. The largest absolute Gasteiger partial charge is 0.458 e. The quantitative estimate of drug-likeness (QED) is 0.151. The van der Waals surface area contributed by atoms with E-state index >= 15 is 0 Å². The van der Waals surface area contributed by atoms with E-state index in [2.05, 4.69) is 30.7 Å². The summed E-state index contributed by atoms with van der Waals surface area (Å²) in [7, 11) is 0. The Bertz CT molecular complexity index is 1400. The van der Waals surface area contributed by atoms with Crippen LogP contribution < -0.4 is 10.9 Å². The topological polar surface area (TPSA) is 94.6 Å². The number of anilines is 1. The van der Waals surface area contributed by atoms with Gasteiger partial charge in [0.25, 0.3) is 0 Å². The number of nitrogens with zero attached hydrogens (tertiary/aromatic N) is 1. The Labute approximate surface area is 203 Å². The summed E-state index contributed by atoms with van der Waals surface area (Å²) < 4.78 is 16.5. The monoisotopic (exact) mass is 474 g/mol. The number of carbonyl (C=O) groups is 1. The zero-order chi connectivity index (χ0) is 24.8. The Kier molecular flexibility index (Phi) is 7.65. The second-order valence-electron chi connectivity index (χ2n) is 8.63. The van der Waals surface area contributed by atoms with Crippen LogP contribution in [-0.2, 0) is 16.1 Å². The van der Waals surface area contributed by atoms with Crippen molar-refractivity contribution >= 4 is 33.7 Å². The summed E-state index contributed by atoms with van der Waals surface area (Å²) in [5.41, 5.74) is 2.98. The number of nitrogens with one attached hydrogen (secondary N) is 1. The van der Waals surface area contributed by atoms with Gasteiger partial charge in [0, 0.05) is 29.8 Å². The van der Waals surface area contributed by atoms with Crippen molar-refractivity contribution < 1.29 is 18.4 Å². The second kappa shape index (κ2) is 11.0. The number of esters is 1. The fraction of sp³-hybridized carbons (Fsp3) is 0.321. The summed E-state index contributed by atoms with van der Waals surface area (Å²) in [5.74, 6) is 0.297. The molecule has 0 radical (unpaired) electrons. The Morgan fingerprint density at radius 2 is 2.00 bits per heavy atom. The molecule has 2 heterocycles. The van der Waals surface area contributed by atoms with Crippen molar-refractivity contribution in [1.82, 2.24) is 4.98 Å². The summed E-state index contributed by atoms with van der Waals surface area (Å²) in [4.78, 5) is 28.5. The summed E-state index contributed by atoms with van der Waals surface area (Å²) in [6.07, 6.45) is 5.88. The van der Waals surface area contributed by atoms with Crippen molar-refractivity contribution in [3.05, 3.63) is 71.1 Å². The van der Waals surface area contributed by atoms with E-state index in [1.165, 1.54) is 19.3 Å². The van der Waals surface area contributed by atoms with Crippen LogP contribution in [0, 0.1) is 5.92 Å². The minimum absolute atomic E-state index is 0.0862. The molecule has 7 nitrogen and oxygen atoms in total. The van der Waals surface area contributed by atoms with E-state index in [-0.39, 0.29) is 18.1 Å². The third kappa shape index (κ3) is 5.80. The van der Waals surface area contributed by atoms with Gasteiger partial charge < -0.3 is 18.9 Å². The van der Waals surface area contributed by atoms with Gasteiger partial charge in [0.15, 0.2) is 5.58 Å². The Hall–Kier alpha value is -3.87. The third-order valence-electron chi connectivity index (χ3n) is 6.11. The van der Waals surface area contributed by atoms with Gasteiger partial charge in [0.1, 0.15) is 23.3 Å². The van der Waals surface area contributed by atoms with Crippen molar-refractivity contribution in [2.75, 3.05) is 11.9 Å². The average Bonchev–Trinajstić information content (AvgIpc) is 3.30. The van der Waals surface area contributed by atoms with E-state index < -0.39 is 11.6 Å². The van der Waals surface area contributed by atoms with Crippen LogP contribution >= 0.6 is 0 Å². The lowest BCUT2D eigenvalue weighted by Crippen LogP contribution is -2.13. The number of hydrogen-bond donors (Lipinski definition) is 1. The summed E-state index contributed by atoms with van der Waals surface area (Å²) in [6, 6.07) is 12.8. The SMILES string of the molecule is C=CC(=O)OCc1ccc2nc(-c3cc4ccc(NCC(CC)CCCC)cc4oc3=O)oc2c1. The fourth-order valence-corrected chi connectivity index (χ4v) is 3.96. The molecule has 0 fully saturated rings. The van der Waals surface area contributed by atoms with Crippen LogP contribution in [0.3, 0.4) is 0 Å². The molecule has 35 heavy (non-hydrogen) atoms. The van der Waals surface area contributed by atoms with Crippen molar-refractivity contribution in [3.63, 3.8) is 0 Å². The Balaban J connectivity index is 1.55. The van der Waals surface area contributed by atoms with E-state index in [0.29, 0.717) is 22.6 Å². The Morgan fingerprint density at radius 1 is 1.14 bits per heavy atom. The van der Waals surface area contributed by atoms with Gasteiger partial charge in [0.05, 0.1) is 0 Å². The minimum Gasteiger partial charge on any atom is -0.458 e. The summed E-state index contributed by atoms with van der Waals surface area (Å²) >= 11 is 0. The number of oxazole rings is 1. The van der Waals surface area contributed by atoms with Crippen LogP contribution in [0.1, 0.15) is 45.1 Å². The highest BCUT2D eigenvalue weighted by molar-refractivity contribution is 5.84. The molecule has 0 aliphatic carbocycles. The number of fused-ring (bicyclic) bond motifs is 2. The number of benzene rings is 2. The molecule has 0 saturated heterocycles. The van der Waals surface area contributed by atoms with Crippen molar-refractivity contribution in [3.8, 4) is 11.5 Å². The molecule has 0 amide bonds. The molecule has 0 bridgehead atoms. The van der Waals surface area contributed by atoms with Crippen LogP contribution in [-0.4, -0.2) is 17.5 Å². The number of ether oxygens (including phenoxy) is 1. The second-order valence-corrected chi connectivity index (χ2v) is 8.63. The maximum atomic E-state index is 12.8. The normalized spacial score (nSPS) is 12.1. The smallest absolute Gasteiger partial charge is 0.349 e. The molecule has 0 saturated carbocycles. The maximum absolute atomic E-state index is 12.8. The Morgan fingerprint density at radius 3 is 2.77 bits per heavy atom. The molecular weight excluding hydrogens is 444 g/mol. The molecular formula is C28H30N2O5. The summed E-state index contributed by atoms with van der Waals surface area (Å²) in [6.45, 7) is 8.78. The molecule has 1 atom stereocenters. The molecule has 0 aliphatic rings. The number of rotatable bonds is 11. The molecule has 4 rings (SSSR count). The fourth-order valence-electron chi connectivity index (χ4n) is 3.96. The van der Waals surface area contributed by atoms with Crippen LogP contribution in [0.25, 0.3) is 33.5 Å². The van der Waals surface area contributed by atoms with Gasteiger partial charge in [-0.25, -0.2) is 14.6 Å². The van der Waals surface area contributed by atoms with Gasteiger partial charge in [-0.1, -0.05) is 45.8 Å². The first-order chi connectivity index (χ1) is 17.0. The first-order valence-electron chi connectivity index (χ1n) is 12.0. The van der Waals surface area contributed by atoms with Gasteiger partial charge in [-0.3, -0.25) is 0 Å². The first kappa shape index (κ1) is 24.3. The lowest BCUT2D eigenvalue weighted by molar-refractivity contribution is -0.138.